The predicted molar refractivity (Wildman–Crippen MR) is 100 cm³/mol. The number of aromatic nitrogens is 1. The van der Waals surface area contributed by atoms with Crippen molar-refractivity contribution in [3.8, 4) is 0 Å². The van der Waals surface area contributed by atoms with E-state index in [2.05, 4.69) is 34.7 Å². The second kappa shape index (κ2) is 9.39. The summed E-state index contributed by atoms with van der Waals surface area (Å²) in [6, 6.07) is 8.24. The lowest BCUT2D eigenvalue weighted by Gasteiger charge is -2.12. The van der Waals surface area contributed by atoms with Gasteiger partial charge in [0.1, 0.15) is 0 Å². The first-order valence-corrected chi connectivity index (χ1v) is 8.96. The van der Waals surface area contributed by atoms with Crippen LogP contribution in [0.2, 0.25) is 0 Å². The number of nitrogens with one attached hydrogen (secondary N) is 2. The van der Waals surface area contributed by atoms with Crippen LogP contribution in [0.1, 0.15) is 33.6 Å². The lowest BCUT2D eigenvalue weighted by molar-refractivity contribution is 0.184. The molecule has 130 valence electrons. The highest BCUT2D eigenvalue weighted by Gasteiger charge is 2.06. The standard InChI is InChI=1S/C18H26N4OS/c1-5-19-18(21-11-17-13(2)22-14(3)24-17)20-10-15-8-6-7-9-16(15)12-23-4/h6-9H,5,10-12H2,1-4H3,(H2,19,20,21). The summed E-state index contributed by atoms with van der Waals surface area (Å²) < 4.78 is 5.26. The summed E-state index contributed by atoms with van der Waals surface area (Å²) in [7, 11) is 1.71. The molecular formula is C18H26N4OS. The third-order valence-electron chi connectivity index (χ3n) is 3.59. The maximum Gasteiger partial charge on any atom is 0.191 e. The van der Waals surface area contributed by atoms with Crippen molar-refractivity contribution in [1.82, 2.24) is 15.6 Å². The Bertz CT molecular complexity index is 681. The Morgan fingerprint density at radius 2 is 1.96 bits per heavy atom. The van der Waals surface area contributed by atoms with Gasteiger partial charge < -0.3 is 15.4 Å². The number of hydrogen-bond donors (Lipinski definition) is 2. The van der Waals surface area contributed by atoms with Gasteiger partial charge in [-0.05, 0) is 31.9 Å². The van der Waals surface area contributed by atoms with E-state index >= 15 is 0 Å². The van der Waals surface area contributed by atoms with Crippen molar-refractivity contribution >= 4 is 17.3 Å². The van der Waals surface area contributed by atoms with Gasteiger partial charge in [0, 0.05) is 18.5 Å². The van der Waals surface area contributed by atoms with Crippen LogP contribution in [0.3, 0.4) is 0 Å². The average molecular weight is 347 g/mol. The minimum atomic E-state index is 0.606. The summed E-state index contributed by atoms with van der Waals surface area (Å²) in [5.41, 5.74) is 3.45. The van der Waals surface area contributed by atoms with Gasteiger partial charge in [0.25, 0.3) is 0 Å². The lowest BCUT2D eigenvalue weighted by atomic mass is 10.1. The average Bonchev–Trinajstić information content (AvgIpc) is 2.89. The van der Waals surface area contributed by atoms with E-state index in [1.54, 1.807) is 18.4 Å². The zero-order valence-electron chi connectivity index (χ0n) is 14.8. The van der Waals surface area contributed by atoms with Crippen molar-refractivity contribution in [3.63, 3.8) is 0 Å². The Labute approximate surface area is 148 Å². The van der Waals surface area contributed by atoms with E-state index in [4.69, 9.17) is 9.73 Å². The van der Waals surface area contributed by atoms with Crippen LogP contribution in [0.15, 0.2) is 29.3 Å². The van der Waals surface area contributed by atoms with Crippen LogP contribution in [-0.2, 0) is 24.4 Å². The maximum atomic E-state index is 5.26. The van der Waals surface area contributed by atoms with Crippen LogP contribution in [0.25, 0.3) is 0 Å². The maximum absolute atomic E-state index is 5.26. The Hall–Kier alpha value is -1.92. The molecule has 0 radical (unpaired) electrons. The van der Waals surface area contributed by atoms with Crippen LogP contribution in [0, 0.1) is 13.8 Å². The minimum absolute atomic E-state index is 0.606. The summed E-state index contributed by atoms with van der Waals surface area (Å²) in [4.78, 5) is 10.4. The normalized spacial score (nSPS) is 11.6. The number of rotatable bonds is 7. The number of aryl methyl sites for hydroxylation is 2. The Balaban J connectivity index is 2.04. The molecule has 0 aliphatic rings. The predicted octanol–water partition coefficient (Wildman–Crippen LogP) is 3.16. The number of aliphatic imine (C=N–C) groups is 1. The Morgan fingerprint density at radius 3 is 2.58 bits per heavy atom. The molecule has 5 nitrogen and oxygen atoms in total. The van der Waals surface area contributed by atoms with Gasteiger partial charge in [0.05, 0.1) is 30.4 Å². The molecule has 2 aromatic rings. The molecule has 24 heavy (non-hydrogen) atoms. The van der Waals surface area contributed by atoms with E-state index in [1.165, 1.54) is 16.0 Å². The van der Waals surface area contributed by atoms with E-state index in [0.29, 0.717) is 13.2 Å². The first kappa shape index (κ1) is 18.4. The van der Waals surface area contributed by atoms with Gasteiger partial charge in [-0.2, -0.15) is 0 Å². The molecule has 0 fully saturated rings. The summed E-state index contributed by atoms with van der Waals surface area (Å²) in [6.45, 7) is 8.94. The molecule has 0 saturated heterocycles. The van der Waals surface area contributed by atoms with E-state index in [0.717, 1.165) is 29.8 Å². The molecule has 0 spiro atoms. The molecule has 0 amide bonds. The van der Waals surface area contributed by atoms with Crippen LogP contribution < -0.4 is 10.6 Å². The molecule has 0 bridgehead atoms. The van der Waals surface area contributed by atoms with Crippen LogP contribution >= 0.6 is 11.3 Å². The van der Waals surface area contributed by atoms with Gasteiger partial charge in [-0.3, -0.25) is 0 Å². The Morgan fingerprint density at radius 1 is 1.21 bits per heavy atom. The second-order valence-electron chi connectivity index (χ2n) is 5.49. The fourth-order valence-corrected chi connectivity index (χ4v) is 3.29. The highest BCUT2D eigenvalue weighted by atomic mass is 32.1. The van der Waals surface area contributed by atoms with Gasteiger partial charge in [-0.25, -0.2) is 9.98 Å². The number of thiazole rings is 1. The highest BCUT2D eigenvalue weighted by molar-refractivity contribution is 7.11. The number of guanidine groups is 1. The van der Waals surface area contributed by atoms with E-state index in [1.807, 2.05) is 26.0 Å². The van der Waals surface area contributed by atoms with Gasteiger partial charge in [-0.1, -0.05) is 24.3 Å². The number of nitrogens with zero attached hydrogens (tertiary/aromatic N) is 2. The fraction of sp³-hybridized carbons (Fsp3) is 0.444. The molecular weight excluding hydrogens is 320 g/mol. The molecule has 0 atom stereocenters. The third kappa shape index (κ3) is 5.32. The van der Waals surface area contributed by atoms with Crippen molar-refractivity contribution in [2.45, 2.75) is 40.5 Å². The molecule has 1 aromatic carbocycles. The number of ether oxygens (including phenoxy) is 1. The van der Waals surface area contributed by atoms with Crippen molar-refractivity contribution < 1.29 is 4.74 Å². The zero-order chi connectivity index (χ0) is 17.4. The molecule has 0 saturated carbocycles. The third-order valence-corrected chi connectivity index (χ3v) is 4.66. The first-order valence-electron chi connectivity index (χ1n) is 8.14. The van der Waals surface area contributed by atoms with Crippen molar-refractivity contribution in [2.24, 2.45) is 4.99 Å². The summed E-state index contributed by atoms with van der Waals surface area (Å²) >= 11 is 1.73. The van der Waals surface area contributed by atoms with E-state index in [9.17, 15) is 0 Å². The van der Waals surface area contributed by atoms with Gasteiger partial charge in [-0.15, -0.1) is 11.3 Å². The van der Waals surface area contributed by atoms with Crippen LogP contribution in [0.4, 0.5) is 0 Å². The molecule has 2 rings (SSSR count). The summed E-state index contributed by atoms with van der Waals surface area (Å²) in [5, 5.41) is 7.78. The van der Waals surface area contributed by atoms with Crippen LogP contribution in [-0.4, -0.2) is 24.6 Å². The lowest BCUT2D eigenvalue weighted by Crippen LogP contribution is -2.36. The van der Waals surface area contributed by atoms with Crippen LogP contribution in [0.5, 0.6) is 0 Å². The number of hydrogen-bond acceptors (Lipinski definition) is 4. The quantitative estimate of drug-likeness (QED) is 0.597. The first-order chi connectivity index (χ1) is 11.6. The molecule has 0 unspecified atom stereocenters. The second-order valence-corrected chi connectivity index (χ2v) is 6.78. The van der Waals surface area contributed by atoms with E-state index < -0.39 is 0 Å². The van der Waals surface area contributed by atoms with Crippen molar-refractivity contribution in [3.05, 3.63) is 51.0 Å². The number of methoxy groups -OCH3 is 1. The van der Waals surface area contributed by atoms with Gasteiger partial charge in [0.15, 0.2) is 5.96 Å². The number of benzene rings is 1. The molecule has 1 heterocycles. The van der Waals surface area contributed by atoms with Gasteiger partial charge >= 0.3 is 0 Å². The molecule has 0 aliphatic carbocycles. The Kier molecular flexibility index (Phi) is 7.21. The molecule has 2 N–H and O–H groups in total. The SMILES string of the molecule is CCNC(=NCc1ccccc1COC)NCc1sc(C)nc1C. The highest BCUT2D eigenvalue weighted by Crippen LogP contribution is 2.16. The topological polar surface area (TPSA) is 58.5 Å². The fourth-order valence-electron chi connectivity index (χ4n) is 2.42. The largest absolute Gasteiger partial charge is 0.380 e. The van der Waals surface area contributed by atoms with Crippen molar-refractivity contribution in [2.75, 3.05) is 13.7 Å². The minimum Gasteiger partial charge on any atom is -0.380 e. The zero-order valence-corrected chi connectivity index (χ0v) is 15.7. The smallest absolute Gasteiger partial charge is 0.191 e. The van der Waals surface area contributed by atoms with Gasteiger partial charge in [0.2, 0.25) is 0 Å². The molecule has 1 aromatic heterocycles. The summed E-state index contributed by atoms with van der Waals surface area (Å²) in [6.07, 6.45) is 0. The molecule has 0 aliphatic heterocycles. The monoisotopic (exact) mass is 346 g/mol. The summed E-state index contributed by atoms with van der Waals surface area (Å²) in [5.74, 6) is 0.815. The van der Waals surface area contributed by atoms with E-state index in [-0.39, 0.29) is 0 Å². The molecule has 6 heteroatoms. The van der Waals surface area contributed by atoms with Crippen molar-refractivity contribution in [1.29, 1.82) is 0 Å².